The van der Waals surface area contributed by atoms with Gasteiger partial charge in [0.15, 0.2) is 0 Å². The van der Waals surface area contributed by atoms with Crippen LogP contribution in [0.3, 0.4) is 0 Å². The summed E-state index contributed by atoms with van der Waals surface area (Å²) in [5, 5.41) is 3.91. The van der Waals surface area contributed by atoms with Crippen molar-refractivity contribution in [2.45, 2.75) is 77.4 Å². The molecule has 0 spiro atoms. The van der Waals surface area contributed by atoms with E-state index < -0.39 is 0 Å². The molecule has 0 radical (unpaired) electrons. The molecule has 3 aliphatic rings. The molecular formula is C18H35N3. The van der Waals surface area contributed by atoms with Crippen molar-refractivity contribution in [1.82, 2.24) is 15.1 Å². The number of hydrogen-bond acceptors (Lipinski definition) is 3. The highest BCUT2D eigenvalue weighted by atomic mass is 15.3. The lowest BCUT2D eigenvalue weighted by Crippen LogP contribution is -2.63. The van der Waals surface area contributed by atoms with Crippen LogP contribution in [0.25, 0.3) is 0 Å². The Morgan fingerprint density at radius 2 is 1.86 bits per heavy atom. The average molecular weight is 293 g/mol. The molecule has 0 aromatic carbocycles. The van der Waals surface area contributed by atoms with Crippen molar-refractivity contribution in [3.63, 3.8) is 0 Å². The fourth-order valence-electron chi connectivity index (χ4n) is 5.03. The van der Waals surface area contributed by atoms with Crippen molar-refractivity contribution < 1.29 is 0 Å². The van der Waals surface area contributed by atoms with Crippen molar-refractivity contribution in [3.05, 3.63) is 0 Å². The van der Waals surface area contributed by atoms with Crippen molar-refractivity contribution in [1.29, 1.82) is 0 Å². The molecular weight excluding hydrogens is 258 g/mol. The highest BCUT2D eigenvalue weighted by molar-refractivity contribution is 5.00. The Bertz CT molecular complexity index is 341. The van der Waals surface area contributed by atoms with Crippen molar-refractivity contribution in [3.8, 4) is 0 Å². The van der Waals surface area contributed by atoms with Gasteiger partial charge in [0.05, 0.1) is 0 Å². The molecule has 0 aromatic heterocycles. The van der Waals surface area contributed by atoms with Gasteiger partial charge in [0.25, 0.3) is 0 Å². The topological polar surface area (TPSA) is 18.5 Å². The second kappa shape index (κ2) is 6.55. The van der Waals surface area contributed by atoms with Gasteiger partial charge >= 0.3 is 0 Å². The molecule has 3 nitrogen and oxygen atoms in total. The molecule has 1 saturated carbocycles. The number of nitrogens with one attached hydrogen (secondary N) is 1. The molecule has 1 N–H and O–H groups in total. The lowest BCUT2D eigenvalue weighted by molar-refractivity contribution is 0.00624. The van der Waals surface area contributed by atoms with Gasteiger partial charge in [-0.2, -0.15) is 0 Å². The van der Waals surface area contributed by atoms with E-state index in [2.05, 4.69) is 35.9 Å². The standard InChI is InChI=1S/C18H35N3/c1-4-10-19-17-16(8-5-9-18(17,2)3)21-13-12-20-11-6-7-15(20)14-21/h15-17,19H,4-14H2,1-3H3. The van der Waals surface area contributed by atoms with Gasteiger partial charge < -0.3 is 5.32 Å². The zero-order valence-corrected chi connectivity index (χ0v) is 14.4. The summed E-state index contributed by atoms with van der Waals surface area (Å²) >= 11 is 0. The van der Waals surface area contributed by atoms with Gasteiger partial charge in [0, 0.05) is 37.8 Å². The zero-order valence-electron chi connectivity index (χ0n) is 14.4. The highest BCUT2D eigenvalue weighted by Gasteiger charge is 2.43. The van der Waals surface area contributed by atoms with Crippen molar-refractivity contribution >= 4 is 0 Å². The molecule has 3 fully saturated rings. The predicted molar refractivity (Wildman–Crippen MR) is 89.7 cm³/mol. The van der Waals surface area contributed by atoms with Crippen LogP contribution in [0.2, 0.25) is 0 Å². The van der Waals surface area contributed by atoms with Crippen LogP contribution in [0.5, 0.6) is 0 Å². The normalized spacial score (nSPS) is 37.6. The molecule has 0 amide bonds. The monoisotopic (exact) mass is 293 g/mol. The predicted octanol–water partition coefficient (Wildman–Crippen LogP) is 2.71. The van der Waals surface area contributed by atoms with E-state index in [-0.39, 0.29) is 0 Å². The van der Waals surface area contributed by atoms with Gasteiger partial charge in [0.1, 0.15) is 0 Å². The van der Waals surface area contributed by atoms with Gasteiger partial charge in [-0.3, -0.25) is 9.80 Å². The Morgan fingerprint density at radius 1 is 1.05 bits per heavy atom. The van der Waals surface area contributed by atoms with Crippen LogP contribution in [0.15, 0.2) is 0 Å². The van der Waals surface area contributed by atoms with Gasteiger partial charge in [-0.05, 0) is 50.6 Å². The minimum absolute atomic E-state index is 0.449. The quantitative estimate of drug-likeness (QED) is 0.860. The van der Waals surface area contributed by atoms with Crippen LogP contribution in [0.1, 0.15) is 59.3 Å². The second-order valence-corrected chi connectivity index (χ2v) is 8.21. The number of nitrogens with zero attached hydrogens (tertiary/aromatic N) is 2. The van der Waals surface area contributed by atoms with E-state index >= 15 is 0 Å². The van der Waals surface area contributed by atoms with E-state index in [1.54, 1.807) is 0 Å². The van der Waals surface area contributed by atoms with Gasteiger partial charge in [-0.1, -0.05) is 27.2 Å². The smallest absolute Gasteiger partial charge is 0.0274 e. The molecule has 3 unspecified atom stereocenters. The van der Waals surface area contributed by atoms with Crippen molar-refractivity contribution in [2.24, 2.45) is 5.41 Å². The maximum Gasteiger partial charge on any atom is 0.0274 e. The fraction of sp³-hybridized carbons (Fsp3) is 1.00. The Labute approximate surface area is 131 Å². The van der Waals surface area contributed by atoms with Crippen LogP contribution in [-0.4, -0.2) is 60.6 Å². The molecule has 2 saturated heterocycles. The van der Waals surface area contributed by atoms with E-state index in [1.807, 2.05) is 0 Å². The summed E-state index contributed by atoms with van der Waals surface area (Å²) in [4.78, 5) is 5.58. The van der Waals surface area contributed by atoms with Gasteiger partial charge in [-0.15, -0.1) is 0 Å². The largest absolute Gasteiger partial charge is 0.312 e. The maximum atomic E-state index is 3.91. The summed E-state index contributed by atoms with van der Waals surface area (Å²) in [6.07, 6.45) is 8.29. The van der Waals surface area contributed by atoms with E-state index in [4.69, 9.17) is 0 Å². The van der Waals surface area contributed by atoms with Crippen LogP contribution < -0.4 is 5.32 Å². The third-order valence-corrected chi connectivity index (χ3v) is 6.25. The number of fused-ring (bicyclic) bond motifs is 1. The first-order valence-electron chi connectivity index (χ1n) is 9.33. The van der Waals surface area contributed by atoms with Gasteiger partial charge in [-0.25, -0.2) is 0 Å². The summed E-state index contributed by atoms with van der Waals surface area (Å²) in [5.41, 5.74) is 0.449. The molecule has 21 heavy (non-hydrogen) atoms. The Balaban J connectivity index is 1.68. The lowest BCUT2D eigenvalue weighted by atomic mass is 9.70. The number of piperazine rings is 1. The van der Waals surface area contributed by atoms with Gasteiger partial charge in [0.2, 0.25) is 0 Å². The lowest BCUT2D eigenvalue weighted by Gasteiger charge is -2.51. The summed E-state index contributed by atoms with van der Waals surface area (Å²) in [6.45, 7) is 13.7. The zero-order chi connectivity index (χ0) is 14.9. The average Bonchev–Trinajstić information content (AvgIpc) is 2.92. The molecule has 0 bridgehead atoms. The third kappa shape index (κ3) is 3.30. The minimum Gasteiger partial charge on any atom is -0.312 e. The van der Waals surface area contributed by atoms with Crippen LogP contribution >= 0.6 is 0 Å². The summed E-state index contributed by atoms with van der Waals surface area (Å²) in [5.74, 6) is 0. The Kier molecular flexibility index (Phi) is 4.92. The highest BCUT2D eigenvalue weighted by Crippen LogP contribution is 2.39. The molecule has 2 heterocycles. The minimum atomic E-state index is 0.449. The second-order valence-electron chi connectivity index (χ2n) is 8.21. The molecule has 1 aliphatic carbocycles. The summed E-state index contributed by atoms with van der Waals surface area (Å²) < 4.78 is 0. The number of hydrogen-bond donors (Lipinski definition) is 1. The SMILES string of the molecule is CCCNC1C(N2CCN3CCCC3C2)CCCC1(C)C. The number of rotatable bonds is 4. The first-order valence-corrected chi connectivity index (χ1v) is 9.33. The molecule has 0 aromatic rings. The van der Waals surface area contributed by atoms with Crippen LogP contribution in [-0.2, 0) is 0 Å². The Morgan fingerprint density at radius 3 is 2.67 bits per heavy atom. The Hall–Kier alpha value is -0.120. The first-order chi connectivity index (χ1) is 10.1. The fourth-order valence-corrected chi connectivity index (χ4v) is 5.03. The van der Waals surface area contributed by atoms with E-state index in [0.29, 0.717) is 11.5 Å². The molecule has 3 atom stereocenters. The maximum absolute atomic E-state index is 3.91. The molecule has 3 rings (SSSR count). The molecule has 3 heteroatoms. The summed E-state index contributed by atoms with van der Waals surface area (Å²) in [7, 11) is 0. The van der Waals surface area contributed by atoms with Crippen LogP contribution in [0, 0.1) is 5.41 Å². The first kappa shape index (κ1) is 15.8. The van der Waals surface area contributed by atoms with Crippen LogP contribution in [0.4, 0.5) is 0 Å². The van der Waals surface area contributed by atoms with E-state index in [1.165, 1.54) is 71.2 Å². The van der Waals surface area contributed by atoms with Crippen molar-refractivity contribution in [2.75, 3.05) is 32.7 Å². The molecule has 122 valence electrons. The third-order valence-electron chi connectivity index (χ3n) is 6.25. The summed E-state index contributed by atoms with van der Waals surface area (Å²) in [6, 6.07) is 2.30. The van der Waals surface area contributed by atoms with E-state index in [0.717, 1.165) is 12.1 Å². The molecule has 2 aliphatic heterocycles. The van der Waals surface area contributed by atoms with E-state index in [9.17, 15) is 0 Å².